The highest BCUT2D eigenvalue weighted by atomic mass is 32.2. The third kappa shape index (κ3) is 3.33. The van der Waals surface area contributed by atoms with E-state index in [0.717, 1.165) is 35.9 Å². The lowest BCUT2D eigenvalue weighted by Gasteiger charge is -2.20. The summed E-state index contributed by atoms with van der Waals surface area (Å²) in [5.74, 6) is 2.23. The van der Waals surface area contributed by atoms with Crippen LogP contribution in [0, 0.1) is 0 Å². The van der Waals surface area contributed by atoms with Gasteiger partial charge >= 0.3 is 0 Å². The summed E-state index contributed by atoms with van der Waals surface area (Å²) in [4.78, 5) is 8.94. The lowest BCUT2D eigenvalue weighted by molar-refractivity contribution is 0.109. The van der Waals surface area contributed by atoms with E-state index in [4.69, 9.17) is 10.5 Å². The van der Waals surface area contributed by atoms with Crippen LogP contribution in [-0.4, -0.2) is 21.3 Å². The molecule has 0 bridgehead atoms. The molecule has 0 aromatic carbocycles. The van der Waals surface area contributed by atoms with Crippen LogP contribution in [0.4, 0.5) is 5.82 Å². The lowest BCUT2D eigenvalue weighted by atomic mass is 10.1. The molecule has 1 aromatic rings. The lowest BCUT2D eigenvalue weighted by Crippen LogP contribution is -2.17. The first kappa shape index (κ1) is 12.6. The van der Waals surface area contributed by atoms with Crippen molar-refractivity contribution in [1.82, 2.24) is 9.97 Å². The Morgan fingerprint density at radius 1 is 1.35 bits per heavy atom. The highest BCUT2D eigenvalue weighted by Crippen LogP contribution is 2.27. The maximum atomic E-state index is 5.94. The molecule has 0 saturated heterocycles. The first-order valence-electron chi connectivity index (χ1n) is 5.81. The molecule has 0 saturated carbocycles. The Bertz CT molecular complexity index is 415. The van der Waals surface area contributed by atoms with Gasteiger partial charge < -0.3 is 10.5 Å². The van der Waals surface area contributed by atoms with E-state index in [1.54, 1.807) is 0 Å². The van der Waals surface area contributed by atoms with Gasteiger partial charge in [-0.2, -0.15) is 0 Å². The number of hydrogen-bond acceptors (Lipinski definition) is 5. The van der Waals surface area contributed by atoms with E-state index in [-0.39, 0.29) is 4.75 Å². The molecule has 4 nitrogen and oxygen atoms in total. The molecule has 0 unspecified atom stereocenters. The topological polar surface area (TPSA) is 61.0 Å². The number of nitrogen functional groups attached to an aromatic ring is 1. The Hall–Kier alpha value is -0.810. The van der Waals surface area contributed by atoms with Crippen molar-refractivity contribution >= 4 is 17.6 Å². The van der Waals surface area contributed by atoms with Crippen LogP contribution < -0.4 is 5.73 Å². The van der Waals surface area contributed by atoms with Gasteiger partial charge in [0, 0.05) is 16.7 Å². The van der Waals surface area contributed by atoms with Gasteiger partial charge in [0.25, 0.3) is 0 Å². The second-order valence-electron chi connectivity index (χ2n) is 5.15. The number of nitrogens with two attached hydrogens (primary N) is 1. The molecule has 1 aromatic heterocycles. The fourth-order valence-corrected chi connectivity index (χ4v) is 2.35. The number of hydrogen-bond donors (Lipinski definition) is 1. The molecule has 2 N–H and O–H groups in total. The summed E-state index contributed by atoms with van der Waals surface area (Å²) < 4.78 is 5.59. The zero-order valence-corrected chi connectivity index (χ0v) is 11.4. The molecular weight excluding hydrogens is 234 g/mol. The van der Waals surface area contributed by atoms with E-state index >= 15 is 0 Å². The minimum atomic E-state index is 0.219. The number of rotatable bonds is 2. The monoisotopic (exact) mass is 253 g/mol. The van der Waals surface area contributed by atoms with E-state index in [9.17, 15) is 0 Å². The van der Waals surface area contributed by atoms with Crippen LogP contribution in [0.25, 0.3) is 0 Å². The van der Waals surface area contributed by atoms with Crippen molar-refractivity contribution in [2.45, 2.75) is 44.3 Å². The van der Waals surface area contributed by atoms with Gasteiger partial charge in [0.1, 0.15) is 11.6 Å². The van der Waals surface area contributed by atoms with Crippen LogP contribution >= 0.6 is 11.8 Å². The summed E-state index contributed by atoms with van der Waals surface area (Å²) in [7, 11) is 0. The molecule has 17 heavy (non-hydrogen) atoms. The van der Waals surface area contributed by atoms with Gasteiger partial charge in [-0.25, -0.2) is 9.97 Å². The van der Waals surface area contributed by atoms with Crippen LogP contribution in [0.3, 0.4) is 0 Å². The van der Waals surface area contributed by atoms with Gasteiger partial charge in [-0.1, -0.05) is 20.8 Å². The number of aromatic nitrogens is 2. The van der Waals surface area contributed by atoms with Crippen molar-refractivity contribution in [1.29, 1.82) is 0 Å². The van der Waals surface area contributed by atoms with Crippen LogP contribution in [-0.2, 0) is 23.5 Å². The van der Waals surface area contributed by atoms with E-state index in [0.29, 0.717) is 12.4 Å². The average molecular weight is 253 g/mol. The number of nitrogens with zero attached hydrogens (tertiary/aromatic N) is 2. The second-order valence-corrected chi connectivity index (χ2v) is 6.96. The van der Waals surface area contributed by atoms with Gasteiger partial charge in [0.05, 0.1) is 24.7 Å². The Kier molecular flexibility index (Phi) is 3.58. The number of ether oxygens (including phenoxy) is 1. The Labute approximate surface area is 106 Å². The van der Waals surface area contributed by atoms with E-state index in [2.05, 4.69) is 30.7 Å². The first-order chi connectivity index (χ1) is 7.96. The van der Waals surface area contributed by atoms with E-state index in [1.807, 2.05) is 11.8 Å². The maximum Gasteiger partial charge on any atom is 0.140 e. The highest BCUT2D eigenvalue weighted by molar-refractivity contribution is 7.99. The fraction of sp³-hybridized carbons (Fsp3) is 0.667. The van der Waals surface area contributed by atoms with Gasteiger partial charge in [-0.15, -0.1) is 11.8 Å². The molecular formula is C12H19N3OS. The third-order valence-electron chi connectivity index (χ3n) is 2.53. The third-order valence-corrected chi connectivity index (χ3v) is 3.80. The summed E-state index contributed by atoms with van der Waals surface area (Å²) in [6.07, 6.45) is 0.842. The van der Waals surface area contributed by atoms with Crippen molar-refractivity contribution in [2.75, 3.05) is 12.3 Å². The summed E-state index contributed by atoms with van der Waals surface area (Å²) in [6, 6.07) is 0. The Balaban J connectivity index is 2.16. The summed E-state index contributed by atoms with van der Waals surface area (Å²) >= 11 is 1.83. The molecule has 2 rings (SSSR count). The average Bonchev–Trinajstić information content (AvgIpc) is 2.26. The highest BCUT2D eigenvalue weighted by Gasteiger charge is 2.18. The summed E-state index contributed by atoms with van der Waals surface area (Å²) in [6.45, 7) is 7.84. The van der Waals surface area contributed by atoms with Crippen molar-refractivity contribution in [3.05, 3.63) is 17.1 Å². The predicted octanol–water partition coefficient (Wildman–Crippen LogP) is 2.16. The van der Waals surface area contributed by atoms with Crippen molar-refractivity contribution in [3.8, 4) is 0 Å². The standard InChI is InChI=1S/C12H19N3OS/c1-12(2,3)17-7-10-14-9-4-5-16-6-8(9)11(13)15-10/h4-7H2,1-3H3,(H2,13,14,15). The summed E-state index contributed by atoms with van der Waals surface area (Å²) in [5.41, 5.74) is 7.98. The second kappa shape index (κ2) is 4.82. The van der Waals surface area contributed by atoms with Crippen molar-refractivity contribution < 1.29 is 4.74 Å². The molecule has 5 heteroatoms. The van der Waals surface area contributed by atoms with Crippen LogP contribution in [0.2, 0.25) is 0 Å². The molecule has 0 atom stereocenters. The van der Waals surface area contributed by atoms with Gasteiger partial charge in [0.2, 0.25) is 0 Å². The largest absolute Gasteiger partial charge is 0.383 e. The quantitative estimate of drug-likeness (QED) is 0.875. The van der Waals surface area contributed by atoms with Crippen molar-refractivity contribution in [3.63, 3.8) is 0 Å². The van der Waals surface area contributed by atoms with Gasteiger partial charge in [-0.3, -0.25) is 0 Å². The smallest absolute Gasteiger partial charge is 0.140 e. The molecule has 94 valence electrons. The summed E-state index contributed by atoms with van der Waals surface area (Å²) in [5, 5.41) is 0. The molecule has 0 amide bonds. The maximum absolute atomic E-state index is 5.94. The number of fused-ring (bicyclic) bond motifs is 1. The van der Waals surface area contributed by atoms with Crippen LogP contribution in [0.15, 0.2) is 0 Å². The SMILES string of the molecule is CC(C)(C)SCc1nc(N)c2c(n1)CCOC2. The molecule has 0 aliphatic carbocycles. The predicted molar refractivity (Wildman–Crippen MR) is 70.9 cm³/mol. The molecule has 0 fully saturated rings. The fourth-order valence-electron chi connectivity index (χ4n) is 1.66. The minimum absolute atomic E-state index is 0.219. The van der Waals surface area contributed by atoms with Crippen LogP contribution in [0.5, 0.6) is 0 Å². The van der Waals surface area contributed by atoms with Crippen LogP contribution in [0.1, 0.15) is 37.9 Å². The minimum Gasteiger partial charge on any atom is -0.383 e. The Morgan fingerprint density at radius 2 is 2.12 bits per heavy atom. The molecule has 0 radical (unpaired) electrons. The zero-order valence-electron chi connectivity index (χ0n) is 10.6. The van der Waals surface area contributed by atoms with Crippen molar-refractivity contribution in [2.24, 2.45) is 0 Å². The number of thioether (sulfide) groups is 1. The molecule has 2 heterocycles. The Morgan fingerprint density at radius 3 is 2.82 bits per heavy atom. The molecule has 0 spiro atoms. The normalized spacial score (nSPS) is 15.7. The molecule has 1 aliphatic heterocycles. The number of anilines is 1. The van der Waals surface area contributed by atoms with E-state index < -0.39 is 0 Å². The van der Waals surface area contributed by atoms with Gasteiger partial charge in [-0.05, 0) is 0 Å². The van der Waals surface area contributed by atoms with E-state index in [1.165, 1.54) is 0 Å². The first-order valence-corrected chi connectivity index (χ1v) is 6.80. The molecule has 1 aliphatic rings. The zero-order chi connectivity index (χ0) is 12.5. The van der Waals surface area contributed by atoms with Gasteiger partial charge in [0.15, 0.2) is 0 Å².